The smallest absolute Gasteiger partial charge is 0.335 e. The highest BCUT2D eigenvalue weighted by Crippen LogP contribution is 2.23. The Kier molecular flexibility index (Phi) is 4.79. The molecule has 0 spiro atoms. The molecule has 0 amide bonds. The molecule has 6 heteroatoms. The number of rotatable bonds is 4. The van der Waals surface area contributed by atoms with Crippen molar-refractivity contribution in [3.05, 3.63) is 58.7 Å². The molecular weight excluding hydrogens is 314 g/mol. The summed E-state index contributed by atoms with van der Waals surface area (Å²) in [5.74, 6) is -0.0526. The van der Waals surface area contributed by atoms with Crippen LogP contribution < -0.4 is 4.90 Å². The van der Waals surface area contributed by atoms with E-state index in [1.54, 1.807) is 24.4 Å². The summed E-state index contributed by atoms with van der Waals surface area (Å²) < 4.78 is 0. The molecule has 120 valence electrons. The van der Waals surface area contributed by atoms with Crippen molar-refractivity contribution in [1.29, 1.82) is 0 Å². The number of hydrogen-bond donors (Lipinski definition) is 1. The molecule has 2 aromatic rings. The Morgan fingerprint density at radius 2 is 1.96 bits per heavy atom. The molecule has 0 radical (unpaired) electrons. The van der Waals surface area contributed by atoms with Crippen molar-refractivity contribution in [3.63, 3.8) is 0 Å². The Morgan fingerprint density at radius 1 is 1.17 bits per heavy atom. The molecule has 1 saturated heterocycles. The van der Waals surface area contributed by atoms with Gasteiger partial charge in [0.1, 0.15) is 5.82 Å². The highest BCUT2D eigenvalue weighted by atomic mass is 35.5. The number of aromatic nitrogens is 1. The van der Waals surface area contributed by atoms with Crippen molar-refractivity contribution >= 4 is 23.4 Å². The van der Waals surface area contributed by atoms with Gasteiger partial charge in [0, 0.05) is 38.9 Å². The van der Waals surface area contributed by atoms with E-state index in [-0.39, 0.29) is 0 Å². The van der Waals surface area contributed by atoms with Crippen LogP contribution in [-0.4, -0.2) is 47.1 Å². The molecule has 5 nitrogen and oxygen atoms in total. The van der Waals surface area contributed by atoms with E-state index in [2.05, 4.69) is 14.8 Å². The summed E-state index contributed by atoms with van der Waals surface area (Å²) in [6.45, 7) is 4.25. The van der Waals surface area contributed by atoms with Crippen LogP contribution in [0.3, 0.4) is 0 Å². The lowest BCUT2D eigenvalue weighted by Crippen LogP contribution is -2.46. The predicted molar refractivity (Wildman–Crippen MR) is 90.1 cm³/mol. The average molecular weight is 332 g/mol. The Hall–Kier alpha value is -2.11. The number of benzene rings is 1. The summed E-state index contributed by atoms with van der Waals surface area (Å²) >= 11 is 6.20. The first kappa shape index (κ1) is 15.8. The van der Waals surface area contributed by atoms with Gasteiger partial charge in [0.05, 0.1) is 10.6 Å². The van der Waals surface area contributed by atoms with Gasteiger partial charge in [0.2, 0.25) is 0 Å². The molecule has 0 aliphatic carbocycles. The molecule has 3 rings (SSSR count). The van der Waals surface area contributed by atoms with E-state index in [0.29, 0.717) is 10.6 Å². The fourth-order valence-electron chi connectivity index (χ4n) is 2.79. The van der Waals surface area contributed by atoms with Gasteiger partial charge in [-0.25, -0.2) is 9.78 Å². The van der Waals surface area contributed by atoms with Crippen molar-refractivity contribution in [2.75, 3.05) is 31.1 Å². The molecule has 2 heterocycles. The van der Waals surface area contributed by atoms with E-state index >= 15 is 0 Å². The molecule has 1 aliphatic heterocycles. The van der Waals surface area contributed by atoms with Crippen molar-refractivity contribution in [2.45, 2.75) is 6.54 Å². The molecule has 1 fully saturated rings. The largest absolute Gasteiger partial charge is 0.478 e. The fourth-order valence-corrected chi connectivity index (χ4v) is 3.03. The van der Waals surface area contributed by atoms with Crippen LogP contribution in [0.25, 0.3) is 0 Å². The lowest BCUT2D eigenvalue weighted by atomic mass is 10.1. The predicted octanol–water partition coefficient (Wildman–Crippen LogP) is 2.76. The zero-order chi connectivity index (χ0) is 16.2. The minimum absolute atomic E-state index is 0.335. The van der Waals surface area contributed by atoms with Crippen LogP contribution in [0.2, 0.25) is 5.02 Å². The third-order valence-electron chi connectivity index (χ3n) is 3.99. The van der Waals surface area contributed by atoms with Crippen LogP contribution in [0.1, 0.15) is 15.9 Å². The van der Waals surface area contributed by atoms with E-state index in [9.17, 15) is 4.79 Å². The Bertz CT molecular complexity index is 700. The molecule has 1 aromatic carbocycles. The second-order valence-corrected chi connectivity index (χ2v) is 5.98. The standard InChI is InChI=1S/C17H18ClN3O2/c18-15-5-2-6-19-16(15)21-9-7-20(8-10-21)12-13-3-1-4-14(11-13)17(22)23/h1-6,11H,7-10,12H2,(H,22,23). The molecule has 1 N–H and O–H groups in total. The van der Waals surface area contributed by atoms with Crippen molar-refractivity contribution < 1.29 is 9.90 Å². The maximum atomic E-state index is 11.0. The van der Waals surface area contributed by atoms with E-state index in [1.807, 2.05) is 18.2 Å². The first-order valence-electron chi connectivity index (χ1n) is 7.53. The lowest BCUT2D eigenvalue weighted by molar-refractivity contribution is 0.0696. The zero-order valence-electron chi connectivity index (χ0n) is 12.7. The molecule has 0 atom stereocenters. The first-order chi connectivity index (χ1) is 11.1. The second kappa shape index (κ2) is 6.98. The Labute approximate surface area is 140 Å². The SMILES string of the molecule is O=C(O)c1cccc(CN2CCN(c3ncccc3Cl)CC2)c1. The van der Waals surface area contributed by atoms with Gasteiger partial charge in [0.25, 0.3) is 0 Å². The molecule has 23 heavy (non-hydrogen) atoms. The van der Waals surface area contributed by atoms with Crippen LogP contribution in [-0.2, 0) is 6.54 Å². The summed E-state index contributed by atoms with van der Waals surface area (Å²) in [5, 5.41) is 9.74. The van der Waals surface area contributed by atoms with Crippen LogP contribution in [0.15, 0.2) is 42.6 Å². The van der Waals surface area contributed by atoms with Gasteiger partial charge in [0.15, 0.2) is 0 Å². The summed E-state index contributed by atoms with van der Waals surface area (Å²) in [6, 6.07) is 10.8. The first-order valence-corrected chi connectivity index (χ1v) is 7.91. The topological polar surface area (TPSA) is 56.7 Å². The van der Waals surface area contributed by atoms with Crippen molar-refractivity contribution in [3.8, 4) is 0 Å². The summed E-state index contributed by atoms with van der Waals surface area (Å²) in [7, 11) is 0. The number of carboxylic acid groups (broad SMARTS) is 1. The van der Waals surface area contributed by atoms with E-state index in [4.69, 9.17) is 16.7 Å². The van der Waals surface area contributed by atoms with Crippen LogP contribution >= 0.6 is 11.6 Å². The number of carbonyl (C=O) groups is 1. The number of carboxylic acids is 1. The number of piperazine rings is 1. The van der Waals surface area contributed by atoms with Crippen molar-refractivity contribution in [2.24, 2.45) is 0 Å². The highest BCUT2D eigenvalue weighted by Gasteiger charge is 2.19. The summed E-state index contributed by atoms with van der Waals surface area (Å²) in [6.07, 6.45) is 1.75. The number of anilines is 1. The molecule has 1 aliphatic rings. The average Bonchev–Trinajstić information content (AvgIpc) is 2.56. The molecular formula is C17H18ClN3O2. The van der Waals surface area contributed by atoms with Crippen molar-refractivity contribution in [1.82, 2.24) is 9.88 Å². The van der Waals surface area contributed by atoms with Gasteiger partial charge < -0.3 is 10.0 Å². The zero-order valence-corrected chi connectivity index (χ0v) is 13.4. The van der Waals surface area contributed by atoms with Gasteiger partial charge in [-0.2, -0.15) is 0 Å². The number of aromatic carboxylic acids is 1. The lowest BCUT2D eigenvalue weighted by Gasteiger charge is -2.35. The number of pyridine rings is 1. The van der Waals surface area contributed by atoms with Gasteiger partial charge in [-0.3, -0.25) is 4.90 Å². The van der Waals surface area contributed by atoms with Gasteiger partial charge in [-0.15, -0.1) is 0 Å². The number of hydrogen-bond acceptors (Lipinski definition) is 4. The molecule has 0 bridgehead atoms. The molecule has 0 unspecified atom stereocenters. The maximum Gasteiger partial charge on any atom is 0.335 e. The number of nitrogens with zero attached hydrogens (tertiary/aromatic N) is 3. The normalized spacial score (nSPS) is 15.6. The fraction of sp³-hybridized carbons (Fsp3) is 0.294. The summed E-state index contributed by atoms with van der Waals surface area (Å²) in [4.78, 5) is 19.9. The minimum atomic E-state index is -0.888. The molecule has 0 saturated carbocycles. The quantitative estimate of drug-likeness (QED) is 0.933. The van der Waals surface area contributed by atoms with Crippen LogP contribution in [0.5, 0.6) is 0 Å². The Balaban J connectivity index is 1.60. The van der Waals surface area contributed by atoms with Crippen LogP contribution in [0.4, 0.5) is 5.82 Å². The molecule has 1 aromatic heterocycles. The van der Waals surface area contributed by atoms with Gasteiger partial charge >= 0.3 is 5.97 Å². The van der Waals surface area contributed by atoms with E-state index in [0.717, 1.165) is 44.1 Å². The Morgan fingerprint density at radius 3 is 2.65 bits per heavy atom. The highest BCUT2D eigenvalue weighted by molar-refractivity contribution is 6.32. The van der Waals surface area contributed by atoms with E-state index in [1.165, 1.54) is 0 Å². The maximum absolute atomic E-state index is 11.0. The van der Waals surface area contributed by atoms with E-state index < -0.39 is 5.97 Å². The second-order valence-electron chi connectivity index (χ2n) is 5.58. The van der Waals surface area contributed by atoms with Gasteiger partial charge in [-0.05, 0) is 29.8 Å². The van der Waals surface area contributed by atoms with Crippen LogP contribution in [0, 0.1) is 0 Å². The summed E-state index contributed by atoms with van der Waals surface area (Å²) in [5.41, 5.74) is 1.36. The number of halogens is 1. The monoisotopic (exact) mass is 331 g/mol. The van der Waals surface area contributed by atoms with Gasteiger partial charge in [-0.1, -0.05) is 23.7 Å². The third-order valence-corrected chi connectivity index (χ3v) is 4.29. The third kappa shape index (κ3) is 3.81. The minimum Gasteiger partial charge on any atom is -0.478 e.